The summed E-state index contributed by atoms with van der Waals surface area (Å²) >= 11 is 9.10. The van der Waals surface area contributed by atoms with Crippen LogP contribution in [0.15, 0.2) is 16.7 Å². The Bertz CT molecular complexity index is 368. The van der Waals surface area contributed by atoms with Crippen molar-refractivity contribution in [3.05, 3.63) is 21.8 Å². The minimum absolute atomic E-state index is 0.422. The Balaban J connectivity index is 2.01. The van der Waals surface area contributed by atoms with Crippen LogP contribution in [0.5, 0.6) is 5.88 Å². The summed E-state index contributed by atoms with van der Waals surface area (Å²) in [6.07, 6.45) is 1.53. The minimum atomic E-state index is 0.422. The van der Waals surface area contributed by atoms with Crippen LogP contribution in [-0.2, 0) is 14.2 Å². The van der Waals surface area contributed by atoms with E-state index in [0.717, 1.165) is 4.47 Å². The Kier molecular flexibility index (Phi) is 9.11. The molecule has 19 heavy (non-hydrogen) atoms. The highest BCUT2D eigenvalue weighted by atomic mass is 79.9. The Morgan fingerprint density at radius 2 is 1.74 bits per heavy atom. The highest BCUT2D eigenvalue weighted by molar-refractivity contribution is 9.10. The highest BCUT2D eigenvalue weighted by Gasteiger charge is 2.03. The predicted molar refractivity (Wildman–Crippen MR) is 76.0 cm³/mol. The summed E-state index contributed by atoms with van der Waals surface area (Å²) in [6.45, 7) is 3.15. The summed E-state index contributed by atoms with van der Waals surface area (Å²) in [4.78, 5) is 4.05. The van der Waals surface area contributed by atoms with Gasteiger partial charge in [-0.25, -0.2) is 4.98 Å². The molecule has 0 N–H and O–H groups in total. The number of pyridine rings is 1. The van der Waals surface area contributed by atoms with Gasteiger partial charge in [-0.05, 0) is 22.0 Å². The highest BCUT2D eigenvalue weighted by Crippen LogP contribution is 2.24. The van der Waals surface area contributed by atoms with Gasteiger partial charge in [-0.3, -0.25) is 0 Å². The molecular weight excluding hydrogens is 337 g/mol. The Morgan fingerprint density at radius 1 is 1.11 bits per heavy atom. The number of methoxy groups -OCH3 is 1. The third-order valence-corrected chi connectivity index (χ3v) is 2.82. The van der Waals surface area contributed by atoms with Crippen molar-refractivity contribution in [2.24, 2.45) is 0 Å². The lowest BCUT2D eigenvalue weighted by molar-refractivity contribution is 0.0176. The van der Waals surface area contributed by atoms with Gasteiger partial charge >= 0.3 is 0 Å². The molecule has 0 aliphatic heterocycles. The van der Waals surface area contributed by atoms with E-state index in [1.54, 1.807) is 13.2 Å². The molecule has 0 saturated carbocycles. The van der Waals surface area contributed by atoms with E-state index in [4.69, 9.17) is 30.5 Å². The van der Waals surface area contributed by atoms with E-state index in [1.165, 1.54) is 6.20 Å². The van der Waals surface area contributed by atoms with E-state index in [1.807, 2.05) is 0 Å². The first-order valence-corrected chi connectivity index (χ1v) is 6.99. The topological polar surface area (TPSA) is 49.8 Å². The van der Waals surface area contributed by atoms with E-state index in [0.29, 0.717) is 50.5 Å². The molecule has 0 saturated heterocycles. The zero-order valence-corrected chi connectivity index (χ0v) is 13.1. The molecule has 0 aliphatic carbocycles. The zero-order chi connectivity index (χ0) is 13.9. The molecule has 0 unspecified atom stereocenters. The SMILES string of the molecule is COCCOCCOCCOc1ncc(Cl)cc1Br. The molecule has 0 radical (unpaired) electrons. The van der Waals surface area contributed by atoms with Crippen molar-refractivity contribution >= 4 is 27.5 Å². The number of nitrogens with zero attached hydrogens (tertiary/aromatic N) is 1. The molecule has 0 bridgehead atoms. The average molecular weight is 355 g/mol. The van der Waals surface area contributed by atoms with Crippen LogP contribution in [0, 0.1) is 0 Å². The average Bonchev–Trinajstić information content (AvgIpc) is 2.39. The standard InChI is InChI=1S/C12H17BrClNO4/c1-16-2-3-17-4-5-18-6-7-19-12-11(13)8-10(14)9-15-12/h8-9H,2-7H2,1H3. The molecule has 0 aromatic carbocycles. The van der Waals surface area contributed by atoms with Crippen molar-refractivity contribution in [1.82, 2.24) is 4.98 Å². The molecule has 0 fully saturated rings. The van der Waals surface area contributed by atoms with Crippen LogP contribution in [0.3, 0.4) is 0 Å². The molecule has 0 amide bonds. The van der Waals surface area contributed by atoms with Crippen LogP contribution in [0.2, 0.25) is 5.02 Å². The first-order chi connectivity index (χ1) is 9.24. The summed E-state index contributed by atoms with van der Waals surface area (Å²) in [5.74, 6) is 0.504. The van der Waals surface area contributed by atoms with E-state index in [2.05, 4.69) is 20.9 Å². The van der Waals surface area contributed by atoms with E-state index >= 15 is 0 Å². The first-order valence-electron chi connectivity index (χ1n) is 5.82. The van der Waals surface area contributed by atoms with Gasteiger partial charge in [0.2, 0.25) is 5.88 Å². The molecule has 0 spiro atoms. The number of halogens is 2. The van der Waals surface area contributed by atoms with Crippen molar-refractivity contribution in [1.29, 1.82) is 0 Å². The Hall–Kier alpha value is -0.400. The van der Waals surface area contributed by atoms with Crippen molar-refractivity contribution in [3.63, 3.8) is 0 Å². The smallest absolute Gasteiger partial charge is 0.228 e. The van der Waals surface area contributed by atoms with Crippen LogP contribution in [0.25, 0.3) is 0 Å². The van der Waals surface area contributed by atoms with Gasteiger partial charge in [0.15, 0.2) is 0 Å². The van der Waals surface area contributed by atoms with Crippen LogP contribution >= 0.6 is 27.5 Å². The molecule has 108 valence electrons. The molecule has 0 atom stereocenters. The van der Waals surface area contributed by atoms with E-state index in [-0.39, 0.29) is 0 Å². The quantitative estimate of drug-likeness (QED) is 0.604. The number of hydrogen-bond acceptors (Lipinski definition) is 5. The van der Waals surface area contributed by atoms with Crippen molar-refractivity contribution in [2.45, 2.75) is 0 Å². The van der Waals surface area contributed by atoms with Gasteiger partial charge in [-0.2, -0.15) is 0 Å². The summed E-state index contributed by atoms with van der Waals surface area (Å²) in [5.41, 5.74) is 0. The number of aromatic nitrogens is 1. The number of ether oxygens (including phenoxy) is 4. The lowest BCUT2D eigenvalue weighted by atomic mass is 10.5. The lowest BCUT2D eigenvalue weighted by Gasteiger charge is -2.08. The van der Waals surface area contributed by atoms with Gasteiger partial charge in [0.1, 0.15) is 6.61 Å². The maximum absolute atomic E-state index is 5.78. The molecule has 1 aromatic heterocycles. The minimum Gasteiger partial charge on any atom is -0.474 e. The summed E-state index contributed by atoms with van der Waals surface area (Å²) in [7, 11) is 1.64. The monoisotopic (exact) mass is 353 g/mol. The van der Waals surface area contributed by atoms with Gasteiger partial charge in [0.25, 0.3) is 0 Å². The Labute approximate surface area is 126 Å². The molecular formula is C12H17BrClNO4. The van der Waals surface area contributed by atoms with Crippen LogP contribution in [0.1, 0.15) is 0 Å². The second-order valence-corrected chi connectivity index (χ2v) is 4.80. The maximum atomic E-state index is 5.78. The summed E-state index contributed by atoms with van der Waals surface area (Å²) in [6, 6.07) is 1.73. The van der Waals surface area contributed by atoms with Crippen LogP contribution < -0.4 is 4.74 Å². The second-order valence-electron chi connectivity index (χ2n) is 3.51. The van der Waals surface area contributed by atoms with Crippen molar-refractivity contribution in [3.8, 4) is 5.88 Å². The molecule has 5 nitrogen and oxygen atoms in total. The van der Waals surface area contributed by atoms with E-state index < -0.39 is 0 Å². The summed E-state index contributed by atoms with van der Waals surface area (Å²) in [5, 5.41) is 0.559. The van der Waals surface area contributed by atoms with Crippen LogP contribution in [0.4, 0.5) is 0 Å². The Morgan fingerprint density at radius 3 is 2.37 bits per heavy atom. The largest absolute Gasteiger partial charge is 0.474 e. The van der Waals surface area contributed by atoms with Gasteiger partial charge in [-0.15, -0.1) is 0 Å². The summed E-state index contributed by atoms with van der Waals surface area (Å²) < 4.78 is 21.6. The fraction of sp³-hybridized carbons (Fsp3) is 0.583. The number of hydrogen-bond donors (Lipinski definition) is 0. The van der Waals surface area contributed by atoms with Crippen molar-refractivity contribution in [2.75, 3.05) is 46.8 Å². The molecule has 7 heteroatoms. The fourth-order valence-corrected chi connectivity index (χ4v) is 1.92. The van der Waals surface area contributed by atoms with Gasteiger partial charge < -0.3 is 18.9 Å². The van der Waals surface area contributed by atoms with Gasteiger partial charge in [0.05, 0.1) is 42.5 Å². The third kappa shape index (κ3) is 7.69. The van der Waals surface area contributed by atoms with Crippen LogP contribution in [-0.4, -0.2) is 51.7 Å². The molecule has 1 aromatic rings. The molecule has 0 aliphatic rings. The molecule has 1 heterocycles. The van der Waals surface area contributed by atoms with E-state index in [9.17, 15) is 0 Å². The second kappa shape index (κ2) is 10.4. The maximum Gasteiger partial charge on any atom is 0.228 e. The first kappa shape index (κ1) is 16.7. The number of rotatable bonds is 10. The normalized spacial score (nSPS) is 10.7. The van der Waals surface area contributed by atoms with Gasteiger partial charge in [-0.1, -0.05) is 11.6 Å². The fourth-order valence-electron chi connectivity index (χ4n) is 1.17. The zero-order valence-electron chi connectivity index (χ0n) is 10.7. The third-order valence-electron chi connectivity index (χ3n) is 2.04. The predicted octanol–water partition coefficient (Wildman–Crippen LogP) is 2.56. The molecule has 1 rings (SSSR count). The lowest BCUT2D eigenvalue weighted by Crippen LogP contribution is -2.12. The van der Waals surface area contributed by atoms with Crippen molar-refractivity contribution < 1.29 is 18.9 Å². The van der Waals surface area contributed by atoms with Gasteiger partial charge in [0, 0.05) is 13.3 Å².